The molecule has 1 atom stereocenters. The van der Waals surface area contributed by atoms with Crippen molar-refractivity contribution < 1.29 is 36.6 Å². The lowest BCUT2D eigenvalue weighted by molar-refractivity contribution is -0.174. The average molecular weight is 604 g/mol. The van der Waals surface area contributed by atoms with Crippen LogP contribution in [0.3, 0.4) is 0 Å². The van der Waals surface area contributed by atoms with Gasteiger partial charge in [0.15, 0.2) is 8.32 Å². The first-order valence-electron chi connectivity index (χ1n) is 13.7. The molecule has 0 aliphatic carbocycles. The van der Waals surface area contributed by atoms with E-state index in [-0.39, 0.29) is 18.2 Å². The molecule has 3 aromatic carbocycles. The number of rotatable bonds is 12. The molecule has 0 aliphatic rings. The second kappa shape index (κ2) is 13.3. The SMILES string of the molecule is COc1ccc(C(OC[C@@H](CNC(=O)C(F)(F)F)O[Si](C)(C)C(C)(C)C)(c2ccccc2)c2ccc(OC)cc2)cc1. The highest BCUT2D eigenvalue weighted by Crippen LogP contribution is 2.43. The summed E-state index contributed by atoms with van der Waals surface area (Å²) >= 11 is 0. The number of hydrogen-bond acceptors (Lipinski definition) is 5. The Morgan fingerprint density at radius 2 is 1.24 bits per heavy atom. The molecule has 0 aromatic heterocycles. The van der Waals surface area contributed by atoms with Gasteiger partial charge in [0.1, 0.15) is 17.1 Å². The zero-order chi connectivity index (χ0) is 31.2. The van der Waals surface area contributed by atoms with Gasteiger partial charge in [-0.1, -0.05) is 75.4 Å². The molecule has 42 heavy (non-hydrogen) atoms. The first kappa shape index (κ1) is 33.2. The van der Waals surface area contributed by atoms with Crippen LogP contribution in [0, 0.1) is 0 Å². The number of nitrogens with one attached hydrogen (secondary N) is 1. The van der Waals surface area contributed by atoms with E-state index in [4.69, 9.17) is 18.6 Å². The van der Waals surface area contributed by atoms with E-state index in [0.29, 0.717) is 11.5 Å². The number of halogens is 3. The zero-order valence-electron chi connectivity index (χ0n) is 25.2. The predicted octanol–water partition coefficient (Wildman–Crippen LogP) is 7.08. The first-order chi connectivity index (χ1) is 19.6. The van der Waals surface area contributed by atoms with Gasteiger partial charge in [-0.05, 0) is 59.1 Å². The molecule has 0 saturated heterocycles. The highest BCUT2D eigenvalue weighted by molar-refractivity contribution is 6.74. The van der Waals surface area contributed by atoms with Crippen LogP contribution in [-0.2, 0) is 19.6 Å². The number of alkyl halides is 3. The van der Waals surface area contributed by atoms with Gasteiger partial charge in [-0.3, -0.25) is 4.79 Å². The second-order valence-electron chi connectivity index (χ2n) is 11.5. The Morgan fingerprint density at radius 1 is 0.786 bits per heavy atom. The molecule has 0 saturated carbocycles. The summed E-state index contributed by atoms with van der Waals surface area (Å²) < 4.78 is 63.4. The quantitative estimate of drug-likeness (QED) is 0.177. The van der Waals surface area contributed by atoms with E-state index < -0.39 is 32.1 Å². The van der Waals surface area contributed by atoms with Crippen LogP contribution in [0.4, 0.5) is 13.2 Å². The third-order valence-corrected chi connectivity index (χ3v) is 12.2. The minimum absolute atomic E-state index is 0.113. The van der Waals surface area contributed by atoms with Crippen molar-refractivity contribution in [3.05, 3.63) is 95.6 Å². The Balaban J connectivity index is 2.13. The van der Waals surface area contributed by atoms with Crippen molar-refractivity contribution in [2.45, 2.75) is 56.8 Å². The van der Waals surface area contributed by atoms with E-state index in [2.05, 4.69) is 0 Å². The summed E-state index contributed by atoms with van der Waals surface area (Å²) in [7, 11) is 0.671. The third kappa shape index (κ3) is 7.73. The van der Waals surface area contributed by atoms with Crippen LogP contribution in [0.1, 0.15) is 37.5 Å². The molecule has 3 rings (SSSR count). The molecule has 0 bridgehead atoms. The van der Waals surface area contributed by atoms with Crippen LogP contribution < -0.4 is 14.8 Å². The van der Waals surface area contributed by atoms with E-state index in [1.165, 1.54) is 0 Å². The third-order valence-electron chi connectivity index (χ3n) is 7.67. The van der Waals surface area contributed by atoms with Gasteiger partial charge in [0.2, 0.25) is 0 Å². The van der Waals surface area contributed by atoms with E-state index in [9.17, 15) is 18.0 Å². The molecule has 0 radical (unpaired) electrons. The number of hydrogen-bond donors (Lipinski definition) is 1. The molecule has 6 nitrogen and oxygen atoms in total. The van der Waals surface area contributed by atoms with Gasteiger partial charge in [0.05, 0.1) is 26.9 Å². The highest BCUT2D eigenvalue weighted by Gasteiger charge is 2.43. The molecule has 228 valence electrons. The van der Waals surface area contributed by atoms with Gasteiger partial charge in [-0.2, -0.15) is 13.2 Å². The molecule has 1 amide bonds. The molecule has 3 aromatic rings. The fourth-order valence-corrected chi connectivity index (χ4v) is 5.67. The number of ether oxygens (including phenoxy) is 3. The number of carbonyl (C=O) groups excluding carboxylic acids is 1. The molecule has 0 aliphatic heterocycles. The van der Waals surface area contributed by atoms with Gasteiger partial charge >= 0.3 is 12.1 Å². The smallest absolute Gasteiger partial charge is 0.471 e. The van der Waals surface area contributed by atoms with Crippen LogP contribution in [-0.4, -0.2) is 53.9 Å². The number of benzene rings is 3. The molecular formula is C32H40F3NO5Si. The lowest BCUT2D eigenvalue weighted by Gasteiger charge is -2.41. The van der Waals surface area contributed by atoms with Crippen molar-refractivity contribution in [2.24, 2.45) is 0 Å². The summed E-state index contributed by atoms with van der Waals surface area (Å²) in [5, 5.41) is 1.77. The van der Waals surface area contributed by atoms with E-state index in [1.54, 1.807) is 14.2 Å². The lowest BCUT2D eigenvalue weighted by atomic mass is 9.80. The number of methoxy groups -OCH3 is 2. The summed E-state index contributed by atoms with van der Waals surface area (Å²) in [6.07, 6.45) is -5.88. The van der Waals surface area contributed by atoms with Gasteiger partial charge < -0.3 is 24.0 Å². The fraction of sp³-hybridized carbons (Fsp3) is 0.406. The lowest BCUT2D eigenvalue weighted by Crippen LogP contribution is -2.50. The summed E-state index contributed by atoms with van der Waals surface area (Å²) in [6.45, 7) is 9.63. The number of amides is 1. The van der Waals surface area contributed by atoms with Crippen LogP contribution in [0.2, 0.25) is 18.1 Å². The molecule has 0 heterocycles. The normalized spacial score (nSPS) is 13.4. The van der Waals surface area contributed by atoms with Gasteiger partial charge in [-0.25, -0.2) is 0 Å². The molecular weight excluding hydrogens is 563 g/mol. The summed E-state index contributed by atoms with van der Waals surface area (Å²) in [5.41, 5.74) is 1.14. The van der Waals surface area contributed by atoms with E-state index >= 15 is 0 Å². The topological polar surface area (TPSA) is 66.0 Å². The summed E-state index contributed by atoms with van der Waals surface area (Å²) in [4.78, 5) is 11.8. The highest BCUT2D eigenvalue weighted by atomic mass is 28.4. The van der Waals surface area contributed by atoms with Crippen molar-refractivity contribution in [3.63, 3.8) is 0 Å². The Labute approximate surface area is 247 Å². The predicted molar refractivity (Wildman–Crippen MR) is 159 cm³/mol. The van der Waals surface area contributed by atoms with Gasteiger partial charge in [-0.15, -0.1) is 0 Å². The second-order valence-corrected chi connectivity index (χ2v) is 16.3. The fourth-order valence-electron chi connectivity index (χ4n) is 4.33. The maximum Gasteiger partial charge on any atom is 0.471 e. The molecule has 10 heteroatoms. The molecule has 0 unspecified atom stereocenters. The van der Waals surface area contributed by atoms with E-state index in [0.717, 1.165) is 16.7 Å². The van der Waals surface area contributed by atoms with Crippen molar-refractivity contribution in [2.75, 3.05) is 27.4 Å². The van der Waals surface area contributed by atoms with Crippen molar-refractivity contribution in [1.29, 1.82) is 0 Å². The number of carbonyl (C=O) groups is 1. The Hall–Kier alpha value is -3.34. The van der Waals surface area contributed by atoms with Crippen molar-refractivity contribution >= 4 is 14.2 Å². The van der Waals surface area contributed by atoms with Crippen LogP contribution >= 0.6 is 0 Å². The maximum atomic E-state index is 13.1. The molecule has 0 spiro atoms. The molecule has 1 N–H and O–H groups in total. The van der Waals surface area contributed by atoms with Gasteiger partial charge in [0.25, 0.3) is 0 Å². The Bertz CT molecular complexity index is 1240. The van der Waals surface area contributed by atoms with Crippen LogP contribution in [0.15, 0.2) is 78.9 Å². The standard InChI is InChI=1S/C32H40F3NO5Si/c1-30(2,3)42(6,7)41-28(21-36-29(37)32(33,34)35)22-40-31(23-11-9-8-10-12-23,24-13-17-26(38-4)18-14-24)25-15-19-27(39-5)20-16-25/h8-20,28H,21-22H2,1-7H3,(H,36,37)/t28-/m1/s1. The Morgan fingerprint density at radius 3 is 1.64 bits per heavy atom. The summed E-state index contributed by atoms with van der Waals surface area (Å²) in [5.74, 6) is -0.708. The zero-order valence-corrected chi connectivity index (χ0v) is 26.2. The monoisotopic (exact) mass is 603 g/mol. The Kier molecular flexibility index (Phi) is 10.5. The first-order valence-corrected chi connectivity index (χ1v) is 16.6. The van der Waals surface area contributed by atoms with Crippen molar-refractivity contribution in [1.82, 2.24) is 5.32 Å². The molecule has 0 fully saturated rings. The van der Waals surface area contributed by atoms with Gasteiger partial charge in [0, 0.05) is 6.54 Å². The van der Waals surface area contributed by atoms with Crippen LogP contribution in [0.5, 0.6) is 11.5 Å². The van der Waals surface area contributed by atoms with E-state index in [1.807, 2.05) is 118 Å². The maximum absolute atomic E-state index is 13.1. The average Bonchev–Trinajstić information content (AvgIpc) is 2.95. The minimum atomic E-state index is -5.01. The van der Waals surface area contributed by atoms with Crippen LogP contribution in [0.25, 0.3) is 0 Å². The summed E-state index contributed by atoms with van der Waals surface area (Å²) in [6, 6.07) is 24.4. The largest absolute Gasteiger partial charge is 0.497 e. The minimum Gasteiger partial charge on any atom is -0.497 e. The van der Waals surface area contributed by atoms with Crippen molar-refractivity contribution in [3.8, 4) is 11.5 Å².